The van der Waals surface area contributed by atoms with E-state index in [2.05, 4.69) is 0 Å². The Bertz CT molecular complexity index is 468. The number of morpholine rings is 1. The minimum Gasteiger partial charge on any atom is -0.370 e. The van der Waals surface area contributed by atoms with Gasteiger partial charge in [-0.1, -0.05) is 36.6 Å². The minimum atomic E-state index is -0.0219. The SMILES string of the molecule is O=C(C1CCCC1)N1CCOC(c2ccc(Cl)cc2)C1. The molecule has 1 atom stereocenters. The van der Waals surface area contributed by atoms with Crippen molar-refractivity contribution >= 4 is 17.5 Å². The van der Waals surface area contributed by atoms with E-state index in [0.717, 1.165) is 30.0 Å². The van der Waals surface area contributed by atoms with Gasteiger partial charge in [0, 0.05) is 17.5 Å². The fourth-order valence-corrected chi connectivity index (χ4v) is 3.29. The lowest BCUT2D eigenvalue weighted by atomic mass is 10.0. The second-order valence-electron chi connectivity index (χ2n) is 5.68. The Hall–Kier alpha value is -1.06. The molecule has 1 heterocycles. The van der Waals surface area contributed by atoms with Crippen LogP contribution in [0.5, 0.6) is 0 Å². The Morgan fingerprint density at radius 3 is 2.60 bits per heavy atom. The van der Waals surface area contributed by atoms with Crippen molar-refractivity contribution in [2.24, 2.45) is 5.92 Å². The molecule has 1 aliphatic heterocycles. The second-order valence-corrected chi connectivity index (χ2v) is 6.11. The van der Waals surface area contributed by atoms with E-state index in [-0.39, 0.29) is 12.0 Å². The van der Waals surface area contributed by atoms with E-state index < -0.39 is 0 Å². The van der Waals surface area contributed by atoms with E-state index in [9.17, 15) is 4.79 Å². The van der Waals surface area contributed by atoms with Gasteiger partial charge >= 0.3 is 0 Å². The molecule has 0 aromatic heterocycles. The number of ether oxygens (including phenoxy) is 1. The Morgan fingerprint density at radius 2 is 1.90 bits per heavy atom. The van der Waals surface area contributed by atoms with Gasteiger partial charge in [-0.15, -0.1) is 0 Å². The minimum absolute atomic E-state index is 0.0219. The van der Waals surface area contributed by atoms with Gasteiger partial charge in [0.15, 0.2) is 0 Å². The van der Waals surface area contributed by atoms with E-state index in [1.54, 1.807) is 0 Å². The summed E-state index contributed by atoms with van der Waals surface area (Å²) in [7, 11) is 0. The Labute approximate surface area is 124 Å². The monoisotopic (exact) mass is 293 g/mol. The average Bonchev–Trinajstić information content (AvgIpc) is 3.01. The number of benzene rings is 1. The lowest BCUT2D eigenvalue weighted by molar-refractivity contribution is -0.143. The molecule has 0 N–H and O–H groups in total. The topological polar surface area (TPSA) is 29.5 Å². The summed E-state index contributed by atoms with van der Waals surface area (Å²) in [6, 6.07) is 7.71. The third kappa shape index (κ3) is 2.99. The van der Waals surface area contributed by atoms with Gasteiger partial charge < -0.3 is 9.64 Å². The molecule has 1 saturated heterocycles. The van der Waals surface area contributed by atoms with Crippen molar-refractivity contribution in [3.8, 4) is 0 Å². The number of rotatable bonds is 2. The number of amides is 1. The lowest BCUT2D eigenvalue weighted by Gasteiger charge is -2.34. The highest BCUT2D eigenvalue weighted by Crippen LogP contribution is 2.29. The van der Waals surface area contributed by atoms with Gasteiger partial charge in [-0.2, -0.15) is 0 Å². The molecular weight excluding hydrogens is 274 g/mol. The van der Waals surface area contributed by atoms with Crippen LogP contribution in [0.3, 0.4) is 0 Å². The molecule has 2 fully saturated rings. The zero-order valence-electron chi connectivity index (χ0n) is 11.6. The third-order valence-electron chi connectivity index (χ3n) is 4.32. The molecule has 1 saturated carbocycles. The fourth-order valence-electron chi connectivity index (χ4n) is 3.16. The Balaban J connectivity index is 1.66. The van der Waals surface area contributed by atoms with Crippen LogP contribution in [0.15, 0.2) is 24.3 Å². The number of hydrogen-bond acceptors (Lipinski definition) is 2. The first-order valence-electron chi connectivity index (χ1n) is 7.40. The summed E-state index contributed by atoms with van der Waals surface area (Å²) >= 11 is 5.91. The molecule has 2 aliphatic rings. The normalized spacial score (nSPS) is 24.1. The molecule has 1 aliphatic carbocycles. The molecule has 108 valence electrons. The van der Waals surface area contributed by atoms with Gasteiger partial charge in [-0.3, -0.25) is 4.79 Å². The van der Waals surface area contributed by atoms with E-state index in [1.165, 1.54) is 12.8 Å². The quantitative estimate of drug-likeness (QED) is 0.836. The van der Waals surface area contributed by atoms with Crippen LogP contribution < -0.4 is 0 Å². The van der Waals surface area contributed by atoms with Crippen molar-refractivity contribution in [3.05, 3.63) is 34.9 Å². The summed E-state index contributed by atoms with van der Waals surface area (Å²) in [5.74, 6) is 0.573. The van der Waals surface area contributed by atoms with E-state index in [1.807, 2.05) is 29.2 Å². The van der Waals surface area contributed by atoms with Crippen LogP contribution in [0.25, 0.3) is 0 Å². The average molecular weight is 294 g/mol. The van der Waals surface area contributed by atoms with Gasteiger partial charge in [0.25, 0.3) is 0 Å². The van der Waals surface area contributed by atoms with Crippen LogP contribution in [0, 0.1) is 5.92 Å². The zero-order chi connectivity index (χ0) is 13.9. The molecule has 1 aromatic rings. The first-order chi connectivity index (χ1) is 9.74. The number of carbonyl (C=O) groups excluding carboxylic acids is 1. The van der Waals surface area contributed by atoms with Crippen LogP contribution in [0.4, 0.5) is 0 Å². The summed E-state index contributed by atoms with van der Waals surface area (Å²) in [5, 5.41) is 0.725. The van der Waals surface area contributed by atoms with E-state index >= 15 is 0 Å². The molecule has 0 bridgehead atoms. The van der Waals surface area contributed by atoms with Gasteiger partial charge in [0.1, 0.15) is 6.10 Å². The van der Waals surface area contributed by atoms with Gasteiger partial charge in [0.2, 0.25) is 5.91 Å². The van der Waals surface area contributed by atoms with Gasteiger partial charge in [-0.05, 0) is 30.5 Å². The van der Waals surface area contributed by atoms with Crippen molar-refractivity contribution in [1.29, 1.82) is 0 Å². The Morgan fingerprint density at radius 1 is 1.20 bits per heavy atom. The van der Waals surface area contributed by atoms with Crippen molar-refractivity contribution in [2.75, 3.05) is 19.7 Å². The lowest BCUT2D eigenvalue weighted by Crippen LogP contribution is -2.44. The Kier molecular flexibility index (Phi) is 4.27. The first kappa shape index (κ1) is 13.9. The maximum Gasteiger partial charge on any atom is 0.225 e. The molecule has 4 heteroatoms. The number of nitrogens with zero attached hydrogens (tertiary/aromatic N) is 1. The summed E-state index contributed by atoms with van der Waals surface area (Å²) in [6.07, 6.45) is 4.48. The van der Waals surface area contributed by atoms with Crippen LogP contribution in [-0.2, 0) is 9.53 Å². The first-order valence-corrected chi connectivity index (χ1v) is 7.77. The molecule has 1 amide bonds. The van der Waals surface area contributed by atoms with Crippen LogP contribution in [0.1, 0.15) is 37.4 Å². The van der Waals surface area contributed by atoms with Gasteiger partial charge in [-0.25, -0.2) is 0 Å². The summed E-state index contributed by atoms with van der Waals surface area (Å²) < 4.78 is 5.81. The smallest absolute Gasteiger partial charge is 0.225 e. The maximum absolute atomic E-state index is 12.5. The molecule has 1 unspecified atom stereocenters. The predicted octanol–water partition coefficient (Wildman–Crippen LogP) is 3.43. The predicted molar refractivity (Wildman–Crippen MR) is 78.7 cm³/mol. The van der Waals surface area contributed by atoms with E-state index in [0.29, 0.717) is 19.1 Å². The molecule has 3 nitrogen and oxygen atoms in total. The van der Waals surface area contributed by atoms with Crippen LogP contribution in [-0.4, -0.2) is 30.5 Å². The van der Waals surface area contributed by atoms with Crippen molar-refractivity contribution in [3.63, 3.8) is 0 Å². The highest BCUT2D eigenvalue weighted by Gasteiger charge is 2.31. The second kappa shape index (κ2) is 6.15. The third-order valence-corrected chi connectivity index (χ3v) is 4.58. The molecule has 3 rings (SSSR count). The molecule has 20 heavy (non-hydrogen) atoms. The number of carbonyl (C=O) groups is 1. The highest BCUT2D eigenvalue weighted by molar-refractivity contribution is 6.30. The molecule has 0 spiro atoms. The molecule has 0 radical (unpaired) electrons. The number of hydrogen-bond donors (Lipinski definition) is 0. The maximum atomic E-state index is 12.5. The van der Waals surface area contributed by atoms with Crippen LogP contribution in [0.2, 0.25) is 5.02 Å². The van der Waals surface area contributed by atoms with Crippen molar-refractivity contribution in [2.45, 2.75) is 31.8 Å². The van der Waals surface area contributed by atoms with Crippen LogP contribution >= 0.6 is 11.6 Å². The summed E-state index contributed by atoms with van der Waals surface area (Å²) in [5.41, 5.74) is 1.10. The van der Waals surface area contributed by atoms with Crippen molar-refractivity contribution in [1.82, 2.24) is 4.90 Å². The highest BCUT2D eigenvalue weighted by atomic mass is 35.5. The fraction of sp³-hybridized carbons (Fsp3) is 0.562. The molecule has 1 aromatic carbocycles. The standard InChI is InChI=1S/C16H20ClNO2/c17-14-7-5-12(6-8-14)15-11-18(9-10-20-15)16(19)13-3-1-2-4-13/h5-8,13,15H,1-4,9-11H2. The summed E-state index contributed by atoms with van der Waals surface area (Å²) in [4.78, 5) is 14.5. The van der Waals surface area contributed by atoms with Crippen molar-refractivity contribution < 1.29 is 9.53 Å². The zero-order valence-corrected chi connectivity index (χ0v) is 12.3. The van der Waals surface area contributed by atoms with Gasteiger partial charge in [0.05, 0.1) is 13.2 Å². The number of halogens is 1. The largest absolute Gasteiger partial charge is 0.370 e. The van der Waals surface area contributed by atoms with E-state index in [4.69, 9.17) is 16.3 Å². The summed E-state index contributed by atoms with van der Waals surface area (Å²) in [6.45, 7) is 2.00. The molecular formula is C16H20ClNO2.